The van der Waals surface area contributed by atoms with Crippen molar-refractivity contribution in [1.29, 1.82) is 0 Å². The van der Waals surface area contributed by atoms with E-state index < -0.39 is 21.8 Å². The van der Waals surface area contributed by atoms with Crippen molar-refractivity contribution in [2.45, 2.75) is 6.42 Å². The van der Waals surface area contributed by atoms with Crippen molar-refractivity contribution in [1.82, 2.24) is 19.6 Å². The number of rotatable bonds is 8. The van der Waals surface area contributed by atoms with Crippen LogP contribution in [-0.2, 0) is 16.4 Å². The van der Waals surface area contributed by atoms with Crippen LogP contribution in [0.25, 0.3) is 10.6 Å². The number of aromatic nitrogens is 2. The van der Waals surface area contributed by atoms with Crippen LogP contribution in [0.2, 0.25) is 0 Å². The summed E-state index contributed by atoms with van der Waals surface area (Å²) >= 11 is 1.47. The van der Waals surface area contributed by atoms with E-state index in [1.54, 1.807) is 36.7 Å². The highest BCUT2D eigenvalue weighted by atomic mass is 32.2. The van der Waals surface area contributed by atoms with Crippen LogP contribution in [-0.4, -0.2) is 53.9 Å². The summed E-state index contributed by atoms with van der Waals surface area (Å²) in [6.45, 7) is -0.00972. The Balaban J connectivity index is 1.29. The van der Waals surface area contributed by atoms with Crippen molar-refractivity contribution >= 4 is 33.2 Å². The molecule has 0 aliphatic carbocycles. The molecule has 10 heteroatoms. The number of pyridine rings is 1. The summed E-state index contributed by atoms with van der Waals surface area (Å²) in [4.78, 5) is 34.2. The molecule has 1 aliphatic rings. The van der Waals surface area contributed by atoms with Gasteiger partial charge in [-0.3, -0.25) is 19.5 Å². The Labute approximate surface area is 177 Å². The Kier molecular flexibility index (Phi) is 5.71. The van der Waals surface area contributed by atoms with E-state index in [1.807, 2.05) is 17.5 Å². The molecule has 154 valence electrons. The molecule has 0 fully saturated rings. The van der Waals surface area contributed by atoms with Gasteiger partial charge in [0.2, 0.25) is 10.0 Å². The van der Waals surface area contributed by atoms with E-state index in [0.717, 1.165) is 21.2 Å². The predicted octanol–water partition coefficient (Wildman–Crippen LogP) is 1.96. The first-order valence-electron chi connectivity index (χ1n) is 9.22. The van der Waals surface area contributed by atoms with Gasteiger partial charge in [0.1, 0.15) is 5.01 Å². The van der Waals surface area contributed by atoms with E-state index in [2.05, 4.69) is 14.7 Å². The van der Waals surface area contributed by atoms with E-state index in [-0.39, 0.29) is 18.8 Å². The number of fused-ring (bicyclic) bond motifs is 1. The lowest BCUT2D eigenvalue weighted by molar-refractivity contribution is 0.0664. The third-order valence-electron chi connectivity index (χ3n) is 4.63. The lowest BCUT2D eigenvalue weighted by atomic mass is 10.1. The molecule has 8 nitrogen and oxygen atoms in total. The summed E-state index contributed by atoms with van der Waals surface area (Å²) in [7, 11) is -3.65. The molecule has 0 unspecified atom stereocenters. The normalized spacial score (nSPS) is 13.7. The molecular formula is C20H18N4O4S2. The molecule has 0 saturated carbocycles. The zero-order valence-corrected chi connectivity index (χ0v) is 17.4. The molecule has 0 spiro atoms. The summed E-state index contributed by atoms with van der Waals surface area (Å²) in [5, 5.41) is 2.71. The van der Waals surface area contributed by atoms with E-state index in [4.69, 9.17) is 0 Å². The molecule has 1 aliphatic heterocycles. The number of hydrogen-bond acceptors (Lipinski definition) is 7. The smallest absolute Gasteiger partial charge is 0.261 e. The second-order valence-corrected chi connectivity index (χ2v) is 9.44. The van der Waals surface area contributed by atoms with Gasteiger partial charge in [-0.15, -0.1) is 11.3 Å². The lowest BCUT2D eigenvalue weighted by Gasteiger charge is -2.14. The minimum absolute atomic E-state index is 0.181. The maximum Gasteiger partial charge on any atom is 0.261 e. The van der Waals surface area contributed by atoms with E-state index in [0.29, 0.717) is 17.5 Å². The molecule has 3 heterocycles. The van der Waals surface area contributed by atoms with Gasteiger partial charge in [-0.05, 0) is 24.3 Å². The largest absolute Gasteiger partial charge is 0.273 e. The minimum atomic E-state index is -3.65. The summed E-state index contributed by atoms with van der Waals surface area (Å²) in [6.07, 6.45) is 3.85. The second kappa shape index (κ2) is 8.42. The van der Waals surface area contributed by atoms with Gasteiger partial charge in [0.25, 0.3) is 11.8 Å². The Morgan fingerprint density at radius 3 is 2.43 bits per heavy atom. The van der Waals surface area contributed by atoms with Gasteiger partial charge >= 0.3 is 0 Å². The number of nitrogens with zero attached hydrogens (tertiary/aromatic N) is 3. The Hall–Kier alpha value is -2.95. The van der Waals surface area contributed by atoms with Crippen molar-refractivity contribution in [2.24, 2.45) is 0 Å². The molecule has 2 amide bonds. The van der Waals surface area contributed by atoms with Crippen LogP contribution in [0.5, 0.6) is 0 Å². The van der Waals surface area contributed by atoms with Crippen LogP contribution in [0.15, 0.2) is 54.2 Å². The van der Waals surface area contributed by atoms with Crippen LogP contribution < -0.4 is 4.72 Å². The Bertz CT molecular complexity index is 1160. The number of sulfonamides is 1. The number of benzene rings is 1. The standard InChI is InChI=1S/C20H18N4O4S2/c25-19-16-5-1-2-6-17(16)20(26)24(19)10-11-30(27,28)22-9-7-15-13-29-18(23-15)14-4-3-8-21-12-14/h1-6,8,12-13,22H,7,9-11H2. The van der Waals surface area contributed by atoms with Crippen LogP contribution >= 0.6 is 11.3 Å². The maximum atomic E-state index is 12.3. The zero-order valence-electron chi connectivity index (χ0n) is 15.8. The number of imide groups is 1. The average Bonchev–Trinajstić information content (AvgIpc) is 3.31. The van der Waals surface area contributed by atoms with Gasteiger partial charge in [-0.2, -0.15) is 0 Å². The molecule has 0 saturated heterocycles. The summed E-state index contributed by atoms with van der Waals surface area (Å²) in [6, 6.07) is 10.2. The lowest BCUT2D eigenvalue weighted by Crippen LogP contribution is -2.38. The van der Waals surface area contributed by atoms with Crippen molar-refractivity contribution in [3.8, 4) is 10.6 Å². The summed E-state index contributed by atoms with van der Waals surface area (Å²) < 4.78 is 27.1. The third-order valence-corrected chi connectivity index (χ3v) is 6.93. The van der Waals surface area contributed by atoms with Crippen molar-refractivity contribution in [3.05, 3.63) is 71.0 Å². The van der Waals surface area contributed by atoms with Crippen LogP contribution in [0.3, 0.4) is 0 Å². The monoisotopic (exact) mass is 442 g/mol. The Morgan fingerprint density at radius 2 is 1.77 bits per heavy atom. The van der Waals surface area contributed by atoms with Gasteiger partial charge in [0.15, 0.2) is 0 Å². The zero-order chi connectivity index (χ0) is 21.1. The first-order chi connectivity index (χ1) is 14.4. The molecular weight excluding hydrogens is 424 g/mol. The molecule has 4 rings (SSSR count). The highest BCUT2D eigenvalue weighted by Crippen LogP contribution is 2.23. The van der Waals surface area contributed by atoms with Gasteiger partial charge in [0, 0.05) is 42.8 Å². The number of amides is 2. The average molecular weight is 443 g/mol. The van der Waals surface area contributed by atoms with Crippen molar-refractivity contribution in [2.75, 3.05) is 18.8 Å². The molecule has 30 heavy (non-hydrogen) atoms. The molecule has 1 N–H and O–H groups in total. The van der Waals surface area contributed by atoms with E-state index >= 15 is 0 Å². The molecule has 3 aromatic rings. The number of nitrogens with one attached hydrogen (secondary N) is 1. The highest BCUT2D eigenvalue weighted by molar-refractivity contribution is 7.89. The number of carbonyl (C=O) groups excluding carboxylic acids is 2. The fourth-order valence-electron chi connectivity index (χ4n) is 3.10. The summed E-state index contributed by atoms with van der Waals surface area (Å²) in [5.41, 5.74) is 2.30. The van der Waals surface area contributed by atoms with E-state index in [9.17, 15) is 18.0 Å². The summed E-state index contributed by atoms with van der Waals surface area (Å²) in [5.74, 6) is -1.27. The van der Waals surface area contributed by atoms with Gasteiger partial charge in [0.05, 0.1) is 22.6 Å². The van der Waals surface area contributed by atoms with E-state index in [1.165, 1.54) is 11.3 Å². The first kappa shape index (κ1) is 20.3. The van der Waals surface area contributed by atoms with Crippen molar-refractivity contribution < 1.29 is 18.0 Å². The maximum absolute atomic E-state index is 12.3. The number of thiazole rings is 1. The second-order valence-electron chi connectivity index (χ2n) is 6.66. The molecule has 1 aromatic carbocycles. The number of hydrogen-bond donors (Lipinski definition) is 1. The topological polar surface area (TPSA) is 109 Å². The van der Waals surface area contributed by atoms with Crippen LogP contribution in [0, 0.1) is 0 Å². The van der Waals surface area contributed by atoms with Crippen LogP contribution in [0.1, 0.15) is 26.4 Å². The fourth-order valence-corrected chi connectivity index (χ4v) is 4.93. The molecule has 0 atom stereocenters. The molecule has 2 aromatic heterocycles. The van der Waals surface area contributed by atoms with Gasteiger partial charge in [-0.25, -0.2) is 18.1 Å². The Morgan fingerprint density at radius 1 is 1.03 bits per heavy atom. The van der Waals surface area contributed by atoms with Crippen molar-refractivity contribution in [3.63, 3.8) is 0 Å². The molecule has 0 radical (unpaired) electrons. The highest BCUT2D eigenvalue weighted by Gasteiger charge is 2.35. The first-order valence-corrected chi connectivity index (χ1v) is 11.8. The SMILES string of the molecule is O=C1c2ccccc2C(=O)N1CCS(=O)(=O)NCCc1csc(-c2cccnc2)n1. The number of carbonyl (C=O) groups is 2. The quantitative estimate of drug-likeness (QED) is 0.534. The molecule has 0 bridgehead atoms. The minimum Gasteiger partial charge on any atom is -0.273 e. The van der Waals surface area contributed by atoms with Gasteiger partial charge in [-0.1, -0.05) is 12.1 Å². The third kappa shape index (κ3) is 4.30. The van der Waals surface area contributed by atoms with Gasteiger partial charge < -0.3 is 0 Å². The predicted molar refractivity (Wildman–Crippen MR) is 113 cm³/mol. The van der Waals surface area contributed by atoms with Crippen LogP contribution in [0.4, 0.5) is 0 Å². The fraction of sp³-hybridized carbons (Fsp3) is 0.200.